The molecule has 0 aliphatic carbocycles. The molecule has 0 spiro atoms. The number of hydrogen-bond acceptors (Lipinski definition) is 8. The van der Waals surface area contributed by atoms with Crippen LogP contribution < -0.4 is 14.4 Å². The van der Waals surface area contributed by atoms with E-state index in [9.17, 15) is 13.2 Å². The lowest BCUT2D eigenvalue weighted by molar-refractivity contribution is -0.117. The van der Waals surface area contributed by atoms with E-state index in [4.69, 9.17) is 20.2 Å². The molecule has 1 aliphatic rings. The summed E-state index contributed by atoms with van der Waals surface area (Å²) in [5.74, 6) is -0.490. The first kappa shape index (κ1) is 14.7. The van der Waals surface area contributed by atoms with Crippen molar-refractivity contribution in [3.05, 3.63) is 0 Å². The van der Waals surface area contributed by atoms with Crippen LogP contribution in [0.15, 0.2) is 0 Å². The third kappa shape index (κ3) is 2.90. The summed E-state index contributed by atoms with van der Waals surface area (Å²) in [7, 11) is 4.12. The zero-order valence-corrected chi connectivity index (χ0v) is 12.2. The van der Waals surface area contributed by atoms with Crippen LogP contribution in [0.4, 0.5) is 5.95 Å². The van der Waals surface area contributed by atoms with Crippen molar-refractivity contribution in [3.63, 3.8) is 0 Å². The molecule has 1 fully saturated rings. The minimum atomic E-state index is -3.83. The van der Waals surface area contributed by atoms with E-state index in [2.05, 4.69) is 15.0 Å². The lowest BCUT2D eigenvalue weighted by Gasteiger charge is -2.14. The highest BCUT2D eigenvalue weighted by Gasteiger charge is 2.39. The molecule has 1 aliphatic heterocycles. The Morgan fingerprint density at radius 2 is 1.75 bits per heavy atom. The fourth-order valence-electron chi connectivity index (χ4n) is 1.69. The van der Waals surface area contributed by atoms with E-state index >= 15 is 0 Å². The van der Waals surface area contributed by atoms with E-state index in [1.807, 2.05) is 0 Å². The van der Waals surface area contributed by atoms with Crippen LogP contribution in [0.3, 0.4) is 0 Å². The number of ether oxygens (including phenoxy) is 2. The molecular formula is C9H11ClN4O5S. The minimum Gasteiger partial charge on any atom is -0.467 e. The van der Waals surface area contributed by atoms with Crippen LogP contribution in [0, 0.1) is 0 Å². The minimum absolute atomic E-state index is 0.0403. The molecule has 1 amide bonds. The van der Waals surface area contributed by atoms with Gasteiger partial charge < -0.3 is 9.47 Å². The van der Waals surface area contributed by atoms with Crippen molar-refractivity contribution in [2.45, 2.75) is 11.7 Å². The Kier molecular flexibility index (Phi) is 3.95. The molecular weight excluding hydrogens is 312 g/mol. The van der Waals surface area contributed by atoms with Gasteiger partial charge in [-0.25, -0.2) is 8.42 Å². The van der Waals surface area contributed by atoms with Crippen LogP contribution >= 0.6 is 10.7 Å². The van der Waals surface area contributed by atoms with Gasteiger partial charge in [-0.3, -0.25) is 9.69 Å². The summed E-state index contributed by atoms with van der Waals surface area (Å²) >= 11 is 0. The monoisotopic (exact) mass is 322 g/mol. The first-order valence-corrected chi connectivity index (χ1v) is 7.80. The Bertz CT molecular complexity index is 615. The molecule has 110 valence electrons. The van der Waals surface area contributed by atoms with Gasteiger partial charge in [0.15, 0.2) is 0 Å². The number of amides is 1. The molecule has 2 heterocycles. The van der Waals surface area contributed by atoms with Crippen molar-refractivity contribution in [1.29, 1.82) is 0 Å². The molecule has 2 rings (SSSR count). The van der Waals surface area contributed by atoms with E-state index in [0.717, 1.165) is 4.90 Å². The first-order valence-electron chi connectivity index (χ1n) is 5.43. The van der Waals surface area contributed by atoms with Crippen molar-refractivity contribution in [1.82, 2.24) is 15.0 Å². The number of rotatable bonds is 4. The summed E-state index contributed by atoms with van der Waals surface area (Å²) in [6.45, 7) is -0.124. The second-order valence-corrected chi connectivity index (χ2v) is 6.82. The Hall–Kier alpha value is -1.68. The number of carbonyl (C=O) groups is 1. The van der Waals surface area contributed by atoms with E-state index in [-0.39, 0.29) is 30.9 Å². The van der Waals surface area contributed by atoms with Crippen LogP contribution in [-0.4, -0.2) is 55.3 Å². The maximum absolute atomic E-state index is 11.9. The molecule has 0 radical (unpaired) electrons. The van der Waals surface area contributed by atoms with Crippen molar-refractivity contribution >= 4 is 31.6 Å². The highest BCUT2D eigenvalue weighted by atomic mass is 35.7. The molecule has 9 nitrogen and oxygen atoms in total. The molecule has 1 saturated heterocycles. The van der Waals surface area contributed by atoms with Gasteiger partial charge in [-0.1, -0.05) is 0 Å². The van der Waals surface area contributed by atoms with Gasteiger partial charge in [0.05, 0.1) is 14.2 Å². The summed E-state index contributed by atoms with van der Waals surface area (Å²) in [6.07, 6.45) is -0.220. The highest BCUT2D eigenvalue weighted by molar-refractivity contribution is 8.14. The Morgan fingerprint density at radius 3 is 2.15 bits per heavy atom. The van der Waals surface area contributed by atoms with E-state index in [0.29, 0.717) is 0 Å². The van der Waals surface area contributed by atoms with Gasteiger partial charge >= 0.3 is 12.0 Å². The normalized spacial score (nSPS) is 19.2. The second-order valence-electron chi connectivity index (χ2n) is 3.91. The fraction of sp³-hybridized carbons (Fsp3) is 0.556. The third-order valence-electron chi connectivity index (χ3n) is 2.68. The van der Waals surface area contributed by atoms with Crippen molar-refractivity contribution < 1.29 is 22.7 Å². The van der Waals surface area contributed by atoms with Gasteiger partial charge in [0.2, 0.25) is 20.9 Å². The predicted octanol–water partition coefficient (Wildman–Crippen LogP) is -0.437. The molecule has 1 unspecified atom stereocenters. The summed E-state index contributed by atoms with van der Waals surface area (Å²) < 4.78 is 32.3. The van der Waals surface area contributed by atoms with Gasteiger partial charge in [0.1, 0.15) is 5.25 Å². The van der Waals surface area contributed by atoms with Crippen molar-refractivity contribution in [3.8, 4) is 12.0 Å². The van der Waals surface area contributed by atoms with Gasteiger partial charge in [0.25, 0.3) is 0 Å². The first-order chi connectivity index (χ1) is 9.35. The van der Waals surface area contributed by atoms with Gasteiger partial charge in [0, 0.05) is 23.6 Å². The summed E-state index contributed by atoms with van der Waals surface area (Å²) in [4.78, 5) is 24.5. The van der Waals surface area contributed by atoms with Crippen LogP contribution in [0.2, 0.25) is 0 Å². The lowest BCUT2D eigenvalue weighted by atomic mass is 10.4. The topological polar surface area (TPSA) is 112 Å². The van der Waals surface area contributed by atoms with Gasteiger partial charge in [-0.05, 0) is 0 Å². The number of anilines is 1. The zero-order valence-electron chi connectivity index (χ0n) is 10.6. The van der Waals surface area contributed by atoms with Gasteiger partial charge in [-0.2, -0.15) is 9.97 Å². The number of nitrogens with zero attached hydrogens (tertiary/aromatic N) is 4. The molecule has 0 saturated carbocycles. The van der Waals surface area contributed by atoms with E-state index < -0.39 is 20.2 Å². The third-order valence-corrected chi connectivity index (χ3v) is 4.54. The maximum atomic E-state index is 11.9. The number of aromatic nitrogens is 3. The smallest absolute Gasteiger partial charge is 0.324 e. The Labute approximate surface area is 119 Å². The highest BCUT2D eigenvalue weighted by Crippen LogP contribution is 2.26. The molecule has 0 bridgehead atoms. The van der Waals surface area contributed by atoms with Gasteiger partial charge in [-0.15, -0.1) is 4.98 Å². The molecule has 0 N–H and O–H groups in total. The van der Waals surface area contributed by atoms with Crippen LogP contribution in [0.25, 0.3) is 0 Å². The summed E-state index contributed by atoms with van der Waals surface area (Å²) in [5, 5.41) is -0.995. The number of carbonyl (C=O) groups excluding carboxylic acids is 1. The van der Waals surface area contributed by atoms with Crippen LogP contribution in [0.5, 0.6) is 12.0 Å². The molecule has 1 aromatic rings. The number of hydrogen-bond donors (Lipinski definition) is 0. The van der Waals surface area contributed by atoms with Crippen molar-refractivity contribution in [2.75, 3.05) is 25.7 Å². The Balaban J connectivity index is 2.34. The average Bonchev–Trinajstić information content (AvgIpc) is 2.80. The van der Waals surface area contributed by atoms with E-state index in [1.165, 1.54) is 14.2 Å². The van der Waals surface area contributed by atoms with E-state index in [1.54, 1.807) is 0 Å². The van der Waals surface area contributed by atoms with Crippen molar-refractivity contribution in [2.24, 2.45) is 0 Å². The largest absolute Gasteiger partial charge is 0.467 e. The molecule has 1 atom stereocenters. The SMILES string of the molecule is COc1nc(OC)nc(N2CC(S(=O)(=O)Cl)CC2=O)n1. The molecule has 11 heteroatoms. The van der Waals surface area contributed by atoms with Crippen LogP contribution in [-0.2, 0) is 13.8 Å². The Morgan fingerprint density at radius 1 is 1.20 bits per heavy atom. The molecule has 0 aromatic carbocycles. The maximum Gasteiger partial charge on any atom is 0.324 e. The summed E-state index contributed by atoms with van der Waals surface area (Å²) in [6, 6.07) is -0.0892. The van der Waals surface area contributed by atoms with Crippen LogP contribution in [0.1, 0.15) is 6.42 Å². The zero-order chi connectivity index (χ0) is 14.9. The standard InChI is InChI=1S/C9H11ClN4O5S/c1-18-8-11-7(12-9(13-8)19-2)14-4-5(3-6(14)15)20(10,16)17/h5H,3-4H2,1-2H3. The number of halogens is 1. The quantitative estimate of drug-likeness (QED) is 0.686. The fourth-order valence-corrected chi connectivity index (χ4v) is 2.71. The average molecular weight is 323 g/mol. The second kappa shape index (κ2) is 5.37. The lowest BCUT2D eigenvalue weighted by Crippen LogP contribution is -2.28. The number of methoxy groups -OCH3 is 2. The summed E-state index contributed by atoms with van der Waals surface area (Å²) in [5.41, 5.74) is 0. The molecule has 20 heavy (non-hydrogen) atoms. The molecule has 1 aromatic heterocycles. The predicted molar refractivity (Wildman–Crippen MR) is 68.5 cm³/mol.